The molecule has 5 nitrogen and oxygen atoms in total. The summed E-state index contributed by atoms with van der Waals surface area (Å²) in [5.41, 5.74) is 2.04. The van der Waals surface area contributed by atoms with Crippen molar-refractivity contribution in [2.75, 3.05) is 44.8 Å². The van der Waals surface area contributed by atoms with Crippen LogP contribution in [0.25, 0.3) is 0 Å². The molecule has 0 aromatic heterocycles. The number of amidine groups is 1. The van der Waals surface area contributed by atoms with Crippen LogP contribution in [0, 0.1) is 0 Å². The third-order valence-electron chi connectivity index (χ3n) is 4.91. The highest BCUT2D eigenvalue weighted by atomic mass is 79.9. The summed E-state index contributed by atoms with van der Waals surface area (Å²) in [5.74, 6) is 2.68. The molecule has 2 aliphatic rings. The first-order valence-electron chi connectivity index (χ1n) is 8.90. The molecule has 0 radical (unpaired) electrons. The van der Waals surface area contributed by atoms with Crippen molar-refractivity contribution in [3.63, 3.8) is 0 Å². The van der Waals surface area contributed by atoms with Crippen LogP contribution in [0.5, 0.6) is 11.5 Å². The first-order valence-corrected chi connectivity index (χ1v) is 9.69. The van der Waals surface area contributed by atoms with E-state index in [9.17, 15) is 0 Å². The molecule has 0 spiro atoms. The van der Waals surface area contributed by atoms with Gasteiger partial charge in [-0.1, -0.05) is 28.1 Å². The van der Waals surface area contributed by atoms with Crippen LogP contribution in [0.2, 0.25) is 0 Å². The highest BCUT2D eigenvalue weighted by molar-refractivity contribution is 9.10. The minimum Gasteiger partial charge on any atom is -0.453 e. The van der Waals surface area contributed by atoms with E-state index in [4.69, 9.17) is 9.73 Å². The molecule has 2 aliphatic heterocycles. The van der Waals surface area contributed by atoms with E-state index in [1.165, 1.54) is 0 Å². The number of benzene rings is 2. The van der Waals surface area contributed by atoms with Crippen LogP contribution < -0.4 is 9.64 Å². The van der Waals surface area contributed by atoms with Crippen molar-refractivity contribution in [1.82, 2.24) is 9.80 Å². The number of para-hydroxylation sites is 2. The van der Waals surface area contributed by atoms with Crippen molar-refractivity contribution in [2.24, 2.45) is 4.99 Å². The first-order chi connectivity index (χ1) is 12.6. The van der Waals surface area contributed by atoms with E-state index in [2.05, 4.69) is 56.7 Å². The Morgan fingerprint density at radius 3 is 2.58 bits per heavy atom. The number of halogens is 1. The van der Waals surface area contributed by atoms with E-state index in [0.717, 1.165) is 66.0 Å². The molecular weight excluding hydrogens is 392 g/mol. The third kappa shape index (κ3) is 3.49. The lowest BCUT2D eigenvalue weighted by Gasteiger charge is -2.34. The van der Waals surface area contributed by atoms with Gasteiger partial charge >= 0.3 is 0 Å². The number of likely N-dealkylation sites (N-methyl/N-ethyl adjacent to an activating group) is 1. The molecule has 0 unspecified atom stereocenters. The van der Waals surface area contributed by atoms with E-state index >= 15 is 0 Å². The standard InChI is InChI=1S/C20H23BrN4O/c1-15(22-14-24-11-9-23(2)10-12-24)25-17-5-3-4-6-19(17)26-20-8-7-16(21)13-18(20)25/h3-8,13H,9-12,14H2,1-2H3/b22-15+. The smallest absolute Gasteiger partial charge is 0.151 e. The molecule has 26 heavy (non-hydrogen) atoms. The highest BCUT2D eigenvalue weighted by Crippen LogP contribution is 2.47. The fourth-order valence-corrected chi connectivity index (χ4v) is 3.69. The molecule has 2 heterocycles. The zero-order valence-corrected chi connectivity index (χ0v) is 16.7. The Kier molecular flexibility index (Phi) is 4.98. The van der Waals surface area contributed by atoms with Gasteiger partial charge in [0.2, 0.25) is 0 Å². The summed E-state index contributed by atoms with van der Waals surface area (Å²) in [6, 6.07) is 14.2. The number of piperazine rings is 1. The molecule has 0 N–H and O–H groups in total. The molecule has 0 saturated carbocycles. The second-order valence-electron chi connectivity index (χ2n) is 6.79. The molecule has 2 aromatic rings. The van der Waals surface area contributed by atoms with Crippen molar-refractivity contribution in [3.8, 4) is 11.5 Å². The van der Waals surface area contributed by atoms with Crippen molar-refractivity contribution in [3.05, 3.63) is 46.9 Å². The minimum absolute atomic E-state index is 0.725. The molecule has 0 atom stereocenters. The fraction of sp³-hybridized carbons (Fsp3) is 0.350. The van der Waals surface area contributed by atoms with Crippen LogP contribution in [0.3, 0.4) is 0 Å². The van der Waals surface area contributed by atoms with Gasteiger partial charge in [-0.15, -0.1) is 0 Å². The number of hydrogen-bond donors (Lipinski definition) is 0. The Balaban J connectivity index is 1.64. The molecule has 136 valence electrons. The summed E-state index contributed by atoms with van der Waals surface area (Å²) in [4.78, 5) is 11.9. The van der Waals surface area contributed by atoms with Gasteiger partial charge in [0.15, 0.2) is 11.5 Å². The average molecular weight is 415 g/mol. The lowest BCUT2D eigenvalue weighted by molar-refractivity contribution is 0.158. The van der Waals surface area contributed by atoms with Crippen molar-refractivity contribution < 1.29 is 4.74 Å². The summed E-state index contributed by atoms with van der Waals surface area (Å²) >= 11 is 3.58. The highest BCUT2D eigenvalue weighted by Gasteiger charge is 2.26. The number of ether oxygens (including phenoxy) is 1. The van der Waals surface area contributed by atoms with E-state index in [1.807, 2.05) is 30.3 Å². The predicted molar refractivity (Wildman–Crippen MR) is 110 cm³/mol. The predicted octanol–water partition coefficient (Wildman–Crippen LogP) is 4.32. The average Bonchev–Trinajstić information content (AvgIpc) is 2.65. The maximum Gasteiger partial charge on any atom is 0.151 e. The molecule has 6 heteroatoms. The number of nitrogens with zero attached hydrogens (tertiary/aromatic N) is 4. The monoisotopic (exact) mass is 414 g/mol. The summed E-state index contributed by atoms with van der Waals surface area (Å²) in [6.07, 6.45) is 0. The van der Waals surface area contributed by atoms with Crippen LogP contribution in [0.4, 0.5) is 11.4 Å². The number of aliphatic imine (C=N–C) groups is 1. The Hall–Kier alpha value is -1.89. The van der Waals surface area contributed by atoms with Crippen molar-refractivity contribution in [2.45, 2.75) is 6.92 Å². The van der Waals surface area contributed by atoms with Gasteiger partial charge < -0.3 is 9.64 Å². The van der Waals surface area contributed by atoms with Gasteiger partial charge in [-0.05, 0) is 44.3 Å². The Morgan fingerprint density at radius 2 is 1.77 bits per heavy atom. The number of rotatable bonds is 2. The lowest BCUT2D eigenvalue weighted by atomic mass is 10.1. The Morgan fingerprint density at radius 1 is 1.04 bits per heavy atom. The van der Waals surface area contributed by atoms with Crippen LogP contribution in [0.1, 0.15) is 6.92 Å². The minimum atomic E-state index is 0.725. The lowest BCUT2D eigenvalue weighted by Crippen LogP contribution is -2.44. The molecule has 0 amide bonds. The normalized spacial score (nSPS) is 18.3. The summed E-state index contributed by atoms with van der Waals surface area (Å²) in [6.45, 7) is 7.13. The molecule has 0 bridgehead atoms. The van der Waals surface area contributed by atoms with Crippen LogP contribution in [-0.2, 0) is 0 Å². The molecule has 1 saturated heterocycles. The van der Waals surface area contributed by atoms with E-state index in [0.29, 0.717) is 0 Å². The van der Waals surface area contributed by atoms with Gasteiger partial charge in [0, 0.05) is 30.7 Å². The van der Waals surface area contributed by atoms with E-state index in [-0.39, 0.29) is 0 Å². The maximum atomic E-state index is 6.09. The molecule has 4 rings (SSSR count). The third-order valence-corrected chi connectivity index (χ3v) is 5.40. The number of fused-ring (bicyclic) bond motifs is 2. The quantitative estimate of drug-likeness (QED) is 0.540. The van der Waals surface area contributed by atoms with E-state index < -0.39 is 0 Å². The van der Waals surface area contributed by atoms with Crippen LogP contribution in [0.15, 0.2) is 51.9 Å². The largest absolute Gasteiger partial charge is 0.453 e. The Bertz CT molecular complexity index is 830. The van der Waals surface area contributed by atoms with Gasteiger partial charge in [-0.2, -0.15) is 0 Å². The van der Waals surface area contributed by atoms with Crippen LogP contribution >= 0.6 is 15.9 Å². The number of anilines is 2. The number of hydrogen-bond acceptors (Lipinski definition) is 4. The van der Waals surface area contributed by atoms with Gasteiger partial charge in [-0.3, -0.25) is 14.8 Å². The molecule has 0 aliphatic carbocycles. The molecule has 1 fully saturated rings. The van der Waals surface area contributed by atoms with Gasteiger partial charge in [0.1, 0.15) is 5.84 Å². The zero-order valence-electron chi connectivity index (χ0n) is 15.2. The van der Waals surface area contributed by atoms with Crippen molar-refractivity contribution >= 4 is 33.1 Å². The van der Waals surface area contributed by atoms with Gasteiger partial charge in [-0.25, -0.2) is 0 Å². The Labute approximate surface area is 163 Å². The zero-order chi connectivity index (χ0) is 18.1. The van der Waals surface area contributed by atoms with E-state index in [1.54, 1.807) is 0 Å². The SMILES string of the molecule is C/C(=N\CN1CCN(C)CC1)N1c2ccccc2Oc2ccc(Br)cc21. The second kappa shape index (κ2) is 7.39. The maximum absolute atomic E-state index is 6.09. The molecular formula is C20H23BrN4O. The van der Waals surface area contributed by atoms with Gasteiger partial charge in [0.05, 0.1) is 18.0 Å². The van der Waals surface area contributed by atoms with Crippen molar-refractivity contribution in [1.29, 1.82) is 0 Å². The summed E-state index contributed by atoms with van der Waals surface area (Å²) in [5, 5.41) is 0. The van der Waals surface area contributed by atoms with Crippen LogP contribution in [-0.4, -0.2) is 55.5 Å². The molecule has 2 aromatic carbocycles. The topological polar surface area (TPSA) is 31.3 Å². The summed E-state index contributed by atoms with van der Waals surface area (Å²) < 4.78 is 7.11. The second-order valence-corrected chi connectivity index (χ2v) is 7.70. The van der Waals surface area contributed by atoms with Gasteiger partial charge in [0.25, 0.3) is 0 Å². The summed E-state index contributed by atoms with van der Waals surface area (Å²) in [7, 11) is 2.17. The first kappa shape index (κ1) is 17.5. The fourth-order valence-electron chi connectivity index (χ4n) is 3.34.